The molecule has 2 N–H and O–H groups in total. The first-order chi connectivity index (χ1) is 7.09. The molecule has 1 aromatic carbocycles. The molecule has 4 heteroatoms. The molecule has 0 bridgehead atoms. The summed E-state index contributed by atoms with van der Waals surface area (Å²) in [5.74, 6) is -0.145. The van der Waals surface area contributed by atoms with E-state index in [4.69, 9.17) is 5.73 Å². The molecule has 3 nitrogen and oxygen atoms in total. The molecule has 1 aliphatic carbocycles. The Morgan fingerprint density at radius 1 is 1.53 bits per heavy atom. The van der Waals surface area contributed by atoms with Gasteiger partial charge in [-0.15, -0.1) is 0 Å². The van der Waals surface area contributed by atoms with E-state index in [0.717, 1.165) is 12.8 Å². The van der Waals surface area contributed by atoms with Crippen LogP contribution in [0.5, 0.6) is 0 Å². The van der Waals surface area contributed by atoms with Gasteiger partial charge in [0, 0.05) is 11.3 Å². The number of Topliss-reactive ketones (excluding diaryl/α,β-unsaturated/α-hetero) is 1. The number of carbonyl (C=O) groups excluding carboxylic acids is 1. The largest absolute Gasteiger partial charge is 0.399 e. The molecule has 1 aromatic rings. The van der Waals surface area contributed by atoms with Crippen molar-refractivity contribution in [3.8, 4) is 0 Å². The highest BCUT2D eigenvalue weighted by Gasteiger charge is 2.31. The van der Waals surface area contributed by atoms with Crippen LogP contribution in [0.2, 0.25) is 0 Å². The van der Waals surface area contributed by atoms with Gasteiger partial charge in [-0.2, -0.15) is 0 Å². The number of ketones is 1. The van der Waals surface area contributed by atoms with Gasteiger partial charge in [0.1, 0.15) is 0 Å². The zero-order valence-corrected chi connectivity index (χ0v) is 8.53. The van der Waals surface area contributed by atoms with Crippen LogP contribution in [0.15, 0.2) is 18.2 Å². The lowest BCUT2D eigenvalue weighted by molar-refractivity contribution is 0.101. The second-order valence-electron chi connectivity index (χ2n) is 3.88. The van der Waals surface area contributed by atoms with E-state index in [1.165, 1.54) is 13.0 Å². The van der Waals surface area contributed by atoms with Crippen molar-refractivity contribution in [2.45, 2.75) is 25.8 Å². The van der Waals surface area contributed by atoms with Gasteiger partial charge < -0.3 is 5.73 Å². The minimum Gasteiger partial charge on any atom is -0.399 e. The number of halogens is 1. The third-order valence-corrected chi connectivity index (χ3v) is 2.50. The van der Waals surface area contributed by atoms with Crippen molar-refractivity contribution in [2.24, 2.45) is 0 Å². The summed E-state index contributed by atoms with van der Waals surface area (Å²) in [6.07, 6.45) is 1.67. The molecule has 0 spiro atoms. The van der Waals surface area contributed by atoms with Crippen molar-refractivity contribution in [3.63, 3.8) is 0 Å². The highest BCUT2D eigenvalue weighted by molar-refractivity contribution is 6.00. The molecule has 0 amide bonds. The number of hydrogen-bond donors (Lipinski definition) is 1. The summed E-state index contributed by atoms with van der Waals surface area (Å²) in [6.45, 7) is 1.43. The summed E-state index contributed by atoms with van der Waals surface area (Å²) in [5.41, 5.74) is 6.74. The molecular formula is C11H13FN2O. The molecule has 0 aromatic heterocycles. The molecule has 0 saturated heterocycles. The number of carbonyl (C=O) groups is 1. The summed E-state index contributed by atoms with van der Waals surface area (Å²) in [4.78, 5) is 11.3. The van der Waals surface area contributed by atoms with Crippen molar-refractivity contribution in [1.29, 1.82) is 0 Å². The number of rotatable bonds is 3. The number of nitrogen functional groups attached to an aromatic ring is 1. The molecule has 0 aliphatic heterocycles. The van der Waals surface area contributed by atoms with Crippen LogP contribution in [0.25, 0.3) is 0 Å². The molecule has 15 heavy (non-hydrogen) atoms. The average Bonchev–Trinajstić information content (AvgIpc) is 2.99. The van der Waals surface area contributed by atoms with Crippen LogP contribution in [0.4, 0.5) is 15.9 Å². The summed E-state index contributed by atoms with van der Waals surface area (Å²) in [5, 5.41) is 0.660. The van der Waals surface area contributed by atoms with Gasteiger partial charge in [-0.3, -0.25) is 4.79 Å². The fourth-order valence-corrected chi connectivity index (χ4v) is 1.52. The first-order valence-corrected chi connectivity index (χ1v) is 4.95. The van der Waals surface area contributed by atoms with Gasteiger partial charge >= 0.3 is 0 Å². The molecule has 80 valence electrons. The zero-order chi connectivity index (χ0) is 11.0. The molecule has 0 atom stereocenters. The number of nitrogens with zero attached hydrogens (tertiary/aromatic N) is 1. The van der Waals surface area contributed by atoms with Crippen LogP contribution in [-0.4, -0.2) is 11.8 Å². The third kappa shape index (κ3) is 1.93. The highest BCUT2D eigenvalue weighted by Crippen LogP contribution is 2.35. The van der Waals surface area contributed by atoms with Crippen molar-refractivity contribution in [1.82, 2.24) is 0 Å². The summed E-state index contributed by atoms with van der Waals surface area (Å²) in [7, 11) is 0. The maximum Gasteiger partial charge on any atom is 0.161 e. The predicted molar refractivity (Wildman–Crippen MR) is 57.5 cm³/mol. The van der Waals surface area contributed by atoms with E-state index in [9.17, 15) is 9.28 Å². The lowest BCUT2D eigenvalue weighted by atomic mass is 10.1. The van der Waals surface area contributed by atoms with E-state index in [1.54, 1.807) is 12.1 Å². The lowest BCUT2D eigenvalue weighted by Gasteiger charge is -2.16. The van der Waals surface area contributed by atoms with Crippen LogP contribution >= 0.6 is 0 Å². The SMILES string of the molecule is CC(=O)c1ccc(N)cc1N(F)C1CC1. The lowest BCUT2D eigenvalue weighted by Crippen LogP contribution is -2.17. The van der Waals surface area contributed by atoms with E-state index in [1.807, 2.05) is 0 Å². The number of nitrogens with two attached hydrogens (primary N) is 1. The van der Waals surface area contributed by atoms with Gasteiger partial charge in [-0.05, 0) is 38.0 Å². The van der Waals surface area contributed by atoms with Crippen LogP contribution in [0, 0.1) is 0 Å². The Balaban J connectivity index is 2.41. The Labute approximate surface area is 87.6 Å². The van der Waals surface area contributed by atoms with E-state index < -0.39 is 0 Å². The number of hydrogen-bond acceptors (Lipinski definition) is 3. The third-order valence-electron chi connectivity index (χ3n) is 2.50. The standard InChI is InChI=1S/C11H13FN2O/c1-7(15)10-5-2-8(13)6-11(10)14(12)9-3-4-9/h2,5-6,9H,3-4,13H2,1H3. The minimum absolute atomic E-state index is 0.0788. The Morgan fingerprint density at radius 3 is 2.73 bits per heavy atom. The molecule has 0 unspecified atom stereocenters. The average molecular weight is 208 g/mol. The maximum atomic E-state index is 13.7. The van der Waals surface area contributed by atoms with Gasteiger partial charge in [-0.1, -0.05) is 4.48 Å². The molecule has 1 saturated carbocycles. The summed E-state index contributed by atoms with van der Waals surface area (Å²) in [6, 6.07) is 4.61. The first kappa shape index (κ1) is 9.96. The number of benzene rings is 1. The van der Waals surface area contributed by atoms with Crippen molar-refractivity contribution >= 4 is 17.2 Å². The minimum atomic E-state index is -0.145. The monoisotopic (exact) mass is 208 g/mol. The number of anilines is 2. The first-order valence-electron chi connectivity index (χ1n) is 4.95. The smallest absolute Gasteiger partial charge is 0.161 e. The Hall–Kier alpha value is -1.58. The molecule has 0 radical (unpaired) electrons. The Bertz CT molecular complexity index is 402. The second kappa shape index (κ2) is 3.53. The second-order valence-corrected chi connectivity index (χ2v) is 3.88. The van der Waals surface area contributed by atoms with Crippen molar-refractivity contribution in [2.75, 3.05) is 10.9 Å². The normalized spacial score (nSPS) is 15.1. The van der Waals surface area contributed by atoms with Gasteiger partial charge in [0.2, 0.25) is 0 Å². The maximum absolute atomic E-state index is 13.7. The molecular weight excluding hydrogens is 195 g/mol. The fraction of sp³-hybridized carbons (Fsp3) is 0.364. The molecule has 1 fully saturated rings. The zero-order valence-electron chi connectivity index (χ0n) is 8.53. The topological polar surface area (TPSA) is 46.3 Å². The Kier molecular flexibility index (Phi) is 2.34. The van der Waals surface area contributed by atoms with Crippen LogP contribution < -0.4 is 10.9 Å². The summed E-state index contributed by atoms with van der Waals surface area (Å²) >= 11 is 0. The van der Waals surface area contributed by atoms with Crippen molar-refractivity contribution < 1.29 is 9.28 Å². The van der Waals surface area contributed by atoms with E-state index in [-0.39, 0.29) is 11.8 Å². The van der Waals surface area contributed by atoms with E-state index >= 15 is 0 Å². The molecule has 0 heterocycles. The highest BCUT2D eigenvalue weighted by atomic mass is 19.2. The van der Waals surface area contributed by atoms with Gasteiger partial charge in [0.15, 0.2) is 5.78 Å². The van der Waals surface area contributed by atoms with Crippen LogP contribution in [0.3, 0.4) is 0 Å². The van der Waals surface area contributed by atoms with E-state index in [0.29, 0.717) is 22.1 Å². The fourth-order valence-electron chi connectivity index (χ4n) is 1.52. The predicted octanol–water partition coefficient (Wildman–Crippen LogP) is 2.32. The molecule has 1 aliphatic rings. The van der Waals surface area contributed by atoms with Crippen LogP contribution in [0.1, 0.15) is 30.1 Å². The van der Waals surface area contributed by atoms with Gasteiger partial charge in [0.25, 0.3) is 0 Å². The van der Waals surface area contributed by atoms with Gasteiger partial charge in [-0.25, -0.2) is 5.12 Å². The van der Waals surface area contributed by atoms with Crippen LogP contribution in [-0.2, 0) is 0 Å². The summed E-state index contributed by atoms with van der Waals surface area (Å²) < 4.78 is 13.7. The van der Waals surface area contributed by atoms with Crippen molar-refractivity contribution in [3.05, 3.63) is 23.8 Å². The molecule has 2 rings (SSSR count). The van der Waals surface area contributed by atoms with E-state index in [2.05, 4.69) is 0 Å². The van der Waals surface area contributed by atoms with Gasteiger partial charge in [0.05, 0.1) is 11.7 Å². The Morgan fingerprint density at radius 2 is 2.20 bits per heavy atom. The quantitative estimate of drug-likeness (QED) is 0.471.